The van der Waals surface area contributed by atoms with Crippen molar-refractivity contribution in [2.24, 2.45) is 0 Å². The number of hydrogen-bond donors (Lipinski definition) is 1. The zero-order valence-electron chi connectivity index (χ0n) is 12.1. The molecule has 20 heavy (non-hydrogen) atoms. The van der Waals surface area contributed by atoms with Crippen molar-refractivity contribution in [3.05, 3.63) is 28.0 Å². The van der Waals surface area contributed by atoms with Crippen molar-refractivity contribution in [2.75, 3.05) is 6.61 Å². The molecule has 0 atom stereocenters. The predicted octanol–water partition coefficient (Wildman–Crippen LogP) is 4.72. The largest absolute Gasteiger partial charge is 0.478 e. The Labute approximate surface area is 125 Å². The average molecular weight is 296 g/mol. The van der Waals surface area contributed by atoms with Crippen LogP contribution in [0.3, 0.4) is 0 Å². The number of unbranched alkanes of at least 4 members (excludes halogenated alkanes) is 5. The minimum absolute atomic E-state index is 0.626. The fraction of sp³-hybridized carbons (Fsp3) is 0.562. The Morgan fingerprint density at radius 1 is 1.25 bits per heavy atom. The third-order valence-corrected chi connectivity index (χ3v) is 3.98. The van der Waals surface area contributed by atoms with Gasteiger partial charge in [0.25, 0.3) is 0 Å². The first-order chi connectivity index (χ1) is 9.72. The maximum atomic E-state index is 10.4. The van der Waals surface area contributed by atoms with Crippen LogP contribution in [0, 0.1) is 0 Å². The quantitative estimate of drug-likeness (QED) is 0.474. The van der Waals surface area contributed by atoms with Crippen molar-refractivity contribution in [1.82, 2.24) is 0 Å². The lowest BCUT2D eigenvalue weighted by molar-refractivity contribution is -0.131. The summed E-state index contributed by atoms with van der Waals surface area (Å²) in [5, 5.41) is 8.55. The topological polar surface area (TPSA) is 46.5 Å². The van der Waals surface area contributed by atoms with Crippen LogP contribution in [0.4, 0.5) is 0 Å². The number of ether oxygens (including phenoxy) is 1. The molecule has 0 aliphatic heterocycles. The van der Waals surface area contributed by atoms with Gasteiger partial charge in [-0.25, -0.2) is 4.79 Å². The lowest BCUT2D eigenvalue weighted by Gasteiger charge is -2.02. The van der Waals surface area contributed by atoms with Gasteiger partial charge in [0.05, 0.1) is 6.61 Å². The van der Waals surface area contributed by atoms with Crippen LogP contribution in [-0.4, -0.2) is 17.7 Å². The van der Waals surface area contributed by atoms with Crippen molar-refractivity contribution < 1.29 is 14.6 Å². The van der Waals surface area contributed by atoms with Crippen LogP contribution in [0.15, 0.2) is 18.2 Å². The fourth-order valence-corrected chi connectivity index (χ4v) is 2.73. The number of aliphatic carboxylic acids is 1. The Hall–Kier alpha value is -1.13. The highest BCUT2D eigenvalue weighted by molar-refractivity contribution is 7.12. The molecular formula is C16H24O3S. The molecule has 1 heterocycles. The van der Waals surface area contributed by atoms with Crippen molar-refractivity contribution in [3.8, 4) is 0 Å². The summed E-state index contributed by atoms with van der Waals surface area (Å²) in [6.07, 6.45) is 10.4. The van der Waals surface area contributed by atoms with Gasteiger partial charge in [-0.3, -0.25) is 0 Å². The average Bonchev–Trinajstić information content (AvgIpc) is 2.87. The first kappa shape index (κ1) is 16.9. The normalized spacial score (nSPS) is 11.2. The molecule has 0 amide bonds. The SMILES string of the molecule is CCCCCCCCOCc1ccc(C=CC(=O)O)s1. The molecular weight excluding hydrogens is 272 g/mol. The summed E-state index contributed by atoms with van der Waals surface area (Å²) in [4.78, 5) is 12.5. The van der Waals surface area contributed by atoms with E-state index in [1.165, 1.54) is 32.1 Å². The summed E-state index contributed by atoms with van der Waals surface area (Å²) >= 11 is 1.57. The van der Waals surface area contributed by atoms with Gasteiger partial charge in [-0.05, 0) is 24.6 Å². The number of carbonyl (C=O) groups is 1. The molecule has 1 aromatic heterocycles. The van der Waals surface area contributed by atoms with Gasteiger partial charge in [-0.1, -0.05) is 39.0 Å². The molecule has 0 spiro atoms. The van der Waals surface area contributed by atoms with Crippen molar-refractivity contribution in [1.29, 1.82) is 0 Å². The van der Waals surface area contributed by atoms with E-state index < -0.39 is 5.97 Å². The zero-order chi connectivity index (χ0) is 14.6. The molecule has 0 unspecified atom stereocenters. The summed E-state index contributed by atoms with van der Waals surface area (Å²) < 4.78 is 5.64. The van der Waals surface area contributed by atoms with E-state index in [1.54, 1.807) is 17.4 Å². The van der Waals surface area contributed by atoms with E-state index in [0.717, 1.165) is 28.9 Å². The van der Waals surface area contributed by atoms with Crippen LogP contribution in [0.5, 0.6) is 0 Å². The number of rotatable bonds is 11. The van der Waals surface area contributed by atoms with E-state index in [4.69, 9.17) is 9.84 Å². The van der Waals surface area contributed by atoms with Gasteiger partial charge in [0.15, 0.2) is 0 Å². The molecule has 0 aromatic carbocycles. The maximum absolute atomic E-state index is 10.4. The van der Waals surface area contributed by atoms with Gasteiger partial charge in [0.2, 0.25) is 0 Å². The van der Waals surface area contributed by atoms with Crippen LogP contribution in [0.2, 0.25) is 0 Å². The number of carboxylic acid groups (broad SMARTS) is 1. The molecule has 0 aliphatic carbocycles. The smallest absolute Gasteiger partial charge is 0.328 e. The van der Waals surface area contributed by atoms with E-state index in [0.29, 0.717) is 6.61 Å². The molecule has 1 rings (SSSR count). The van der Waals surface area contributed by atoms with Gasteiger partial charge in [-0.2, -0.15) is 0 Å². The van der Waals surface area contributed by atoms with Crippen molar-refractivity contribution in [3.63, 3.8) is 0 Å². The van der Waals surface area contributed by atoms with Crippen LogP contribution < -0.4 is 0 Å². The first-order valence-corrected chi connectivity index (χ1v) is 8.11. The molecule has 0 saturated carbocycles. The molecule has 1 N–H and O–H groups in total. The van der Waals surface area contributed by atoms with Gasteiger partial charge in [-0.15, -0.1) is 11.3 Å². The maximum Gasteiger partial charge on any atom is 0.328 e. The van der Waals surface area contributed by atoms with Crippen LogP contribution in [-0.2, 0) is 16.1 Å². The van der Waals surface area contributed by atoms with Gasteiger partial charge in [0.1, 0.15) is 0 Å². The Bertz CT molecular complexity index is 410. The predicted molar refractivity (Wildman–Crippen MR) is 84.0 cm³/mol. The first-order valence-electron chi connectivity index (χ1n) is 7.30. The van der Waals surface area contributed by atoms with E-state index in [2.05, 4.69) is 6.92 Å². The van der Waals surface area contributed by atoms with Gasteiger partial charge < -0.3 is 9.84 Å². The fourth-order valence-electron chi connectivity index (χ4n) is 1.87. The van der Waals surface area contributed by atoms with Gasteiger partial charge >= 0.3 is 5.97 Å². The number of carboxylic acids is 1. The Kier molecular flexibility index (Phi) is 9.00. The highest BCUT2D eigenvalue weighted by Gasteiger charge is 1.99. The van der Waals surface area contributed by atoms with Crippen molar-refractivity contribution in [2.45, 2.75) is 52.1 Å². The highest BCUT2D eigenvalue weighted by Crippen LogP contribution is 2.19. The van der Waals surface area contributed by atoms with Crippen LogP contribution in [0.1, 0.15) is 55.2 Å². The summed E-state index contributed by atoms with van der Waals surface area (Å²) in [6, 6.07) is 3.92. The van der Waals surface area contributed by atoms with E-state index in [-0.39, 0.29) is 0 Å². The third-order valence-electron chi connectivity index (χ3n) is 2.96. The second-order valence-corrected chi connectivity index (χ2v) is 6.00. The zero-order valence-corrected chi connectivity index (χ0v) is 13.0. The molecule has 3 nitrogen and oxygen atoms in total. The van der Waals surface area contributed by atoms with E-state index in [1.807, 2.05) is 12.1 Å². The monoisotopic (exact) mass is 296 g/mol. The summed E-state index contributed by atoms with van der Waals surface area (Å²) in [7, 11) is 0. The summed E-state index contributed by atoms with van der Waals surface area (Å²) in [5.74, 6) is -0.917. The molecule has 0 aliphatic rings. The molecule has 1 aromatic rings. The Balaban J connectivity index is 2.09. The lowest BCUT2D eigenvalue weighted by atomic mass is 10.1. The highest BCUT2D eigenvalue weighted by atomic mass is 32.1. The summed E-state index contributed by atoms with van der Waals surface area (Å²) in [6.45, 7) is 3.66. The van der Waals surface area contributed by atoms with Crippen molar-refractivity contribution >= 4 is 23.4 Å². The standard InChI is InChI=1S/C16H24O3S/c1-2-3-4-5-6-7-12-19-13-15-9-8-14(20-15)10-11-16(17)18/h8-11H,2-7,12-13H2,1H3,(H,17,18). The van der Waals surface area contributed by atoms with Crippen LogP contribution >= 0.6 is 11.3 Å². The molecule has 0 saturated heterocycles. The second kappa shape index (κ2) is 10.6. The minimum Gasteiger partial charge on any atom is -0.478 e. The third kappa shape index (κ3) is 8.12. The van der Waals surface area contributed by atoms with Gasteiger partial charge in [0, 0.05) is 22.4 Å². The molecule has 0 bridgehead atoms. The van der Waals surface area contributed by atoms with Crippen LogP contribution in [0.25, 0.3) is 6.08 Å². The number of thiophene rings is 1. The summed E-state index contributed by atoms with van der Waals surface area (Å²) in [5.41, 5.74) is 0. The van der Waals surface area contributed by atoms with E-state index >= 15 is 0 Å². The minimum atomic E-state index is -0.917. The van der Waals surface area contributed by atoms with E-state index in [9.17, 15) is 4.79 Å². The Morgan fingerprint density at radius 3 is 2.75 bits per heavy atom. The second-order valence-electron chi connectivity index (χ2n) is 4.80. The lowest BCUT2D eigenvalue weighted by Crippen LogP contribution is -1.93. The molecule has 4 heteroatoms. The molecule has 112 valence electrons. The molecule has 0 fully saturated rings. The number of hydrogen-bond acceptors (Lipinski definition) is 3. The molecule has 0 radical (unpaired) electrons. The Morgan fingerprint density at radius 2 is 2.00 bits per heavy atom.